The second-order valence-corrected chi connectivity index (χ2v) is 5.23. The molecule has 0 saturated carbocycles. The summed E-state index contributed by atoms with van der Waals surface area (Å²) in [7, 11) is 0. The molecule has 3 N–H and O–H groups in total. The number of fused-ring (bicyclic) bond motifs is 1. The molecule has 1 aromatic rings. The molecule has 2 rings (SSSR count). The number of halogens is 1. The molecular formula is C11H13ClN2OS. The van der Waals surface area contributed by atoms with Crippen LogP contribution in [-0.2, 0) is 4.79 Å². The number of rotatable bonds is 3. The minimum Gasteiger partial charge on any atom is -0.324 e. The number of carbonyl (C=O) groups excluding carboxylic acids is 1. The Labute approximate surface area is 104 Å². The summed E-state index contributed by atoms with van der Waals surface area (Å²) >= 11 is 7.83. The van der Waals surface area contributed by atoms with Crippen molar-refractivity contribution in [2.24, 2.45) is 5.73 Å². The first-order valence-corrected chi connectivity index (χ1v) is 6.52. The van der Waals surface area contributed by atoms with E-state index in [-0.39, 0.29) is 5.91 Å². The van der Waals surface area contributed by atoms with Crippen molar-refractivity contribution in [3.05, 3.63) is 22.7 Å². The fraction of sp³-hybridized carbons (Fsp3) is 0.364. The third-order valence-electron chi connectivity index (χ3n) is 2.44. The molecule has 5 heteroatoms. The number of hydrogen-bond acceptors (Lipinski definition) is 3. The van der Waals surface area contributed by atoms with E-state index in [1.54, 1.807) is 17.8 Å². The van der Waals surface area contributed by atoms with Crippen LogP contribution in [0.25, 0.3) is 0 Å². The summed E-state index contributed by atoms with van der Waals surface area (Å²) in [5, 5.41) is 3.43. The molecule has 1 heterocycles. The second kappa shape index (κ2) is 4.65. The van der Waals surface area contributed by atoms with Gasteiger partial charge in [0.25, 0.3) is 0 Å². The van der Waals surface area contributed by atoms with E-state index in [9.17, 15) is 4.79 Å². The standard InChI is InChI=1S/C11H13ClN2OS/c1-2-3-16-9-5-8-6(4-7(9)12)10(13)11(15)14-8/h4-5,10H,2-3,13H2,1H3,(H,14,15). The molecule has 1 aliphatic rings. The summed E-state index contributed by atoms with van der Waals surface area (Å²) in [4.78, 5) is 12.4. The van der Waals surface area contributed by atoms with E-state index < -0.39 is 6.04 Å². The predicted octanol–water partition coefficient (Wildman–Crippen LogP) is 2.79. The maximum absolute atomic E-state index is 11.4. The Hall–Kier alpha value is -0.710. The van der Waals surface area contributed by atoms with Crippen molar-refractivity contribution < 1.29 is 4.79 Å². The Balaban J connectivity index is 2.33. The van der Waals surface area contributed by atoms with E-state index in [4.69, 9.17) is 17.3 Å². The average molecular weight is 257 g/mol. The molecule has 1 amide bonds. The van der Waals surface area contributed by atoms with Gasteiger partial charge in [-0.1, -0.05) is 18.5 Å². The smallest absolute Gasteiger partial charge is 0.245 e. The Kier molecular flexibility index (Phi) is 3.42. The Bertz CT molecular complexity index is 436. The second-order valence-electron chi connectivity index (χ2n) is 3.69. The molecule has 1 aromatic carbocycles. The number of anilines is 1. The summed E-state index contributed by atoms with van der Waals surface area (Å²) in [6.45, 7) is 2.12. The Morgan fingerprint density at radius 2 is 2.31 bits per heavy atom. The van der Waals surface area contributed by atoms with Gasteiger partial charge in [0, 0.05) is 16.1 Å². The van der Waals surface area contributed by atoms with Gasteiger partial charge in [-0.2, -0.15) is 0 Å². The van der Waals surface area contributed by atoms with Crippen molar-refractivity contribution >= 4 is 35.0 Å². The fourth-order valence-electron chi connectivity index (χ4n) is 1.61. The molecular weight excluding hydrogens is 244 g/mol. The summed E-state index contributed by atoms with van der Waals surface area (Å²) in [5.41, 5.74) is 7.31. The lowest BCUT2D eigenvalue weighted by Gasteiger charge is -2.07. The number of hydrogen-bond donors (Lipinski definition) is 2. The molecule has 1 aliphatic heterocycles. The maximum Gasteiger partial charge on any atom is 0.245 e. The minimum absolute atomic E-state index is 0.163. The van der Waals surface area contributed by atoms with Gasteiger partial charge in [0.1, 0.15) is 6.04 Å². The summed E-state index contributed by atoms with van der Waals surface area (Å²) in [6, 6.07) is 3.11. The molecule has 1 unspecified atom stereocenters. The number of amides is 1. The van der Waals surface area contributed by atoms with Gasteiger partial charge in [-0.3, -0.25) is 4.79 Å². The van der Waals surface area contributed by atoms with Crippen LogP contribution in [0.15, 0.2) is 17.0 Å². The van der Waals surface area contributed by atoms with Crippen molar-refractivity contribution in [1.82, 2.24) is 0 Å². The number of benzene rings is 1. The molecule has 0 spiro atoms. The van der Waals surface area contributed by atoms with Crippen LogP contribution in [-0.4, -0.2) is 11.7 Å². The average Bonchev–Trinajstić information content (AvgIpc) is 2.52. The summed E-state index contributed by atoms with van der Waals surface area (Å²) in [6.07, 6.45) is 1.09. The molecule has 0 saturated heterocycles. The van der Waals surface area contributed by atoms with Gasteiger partial charge in [0.2, 0.25) is 5.91 Å². The quantitative estimate of drug-likeness (QED) is 0.818. The molecule has 1 atom stereocenters. The van der Waals surface area contributed by atoms with Gasteiger partial charge < -0.3 is 11.1 Å². The Morgan fingerprint density at radius 1 is 1.56 bits per heavy atom. The molecule has 86 valence electrons. The highest BCUT2D eigenvalue weighted by atomic mass is 35.5. The zero-order valence-corrected chi connectivity index (χ0v) is 10.5. The predicted molar refractivity (Wildman–Crippen MR) is 68.0 cm³/mol. The van der Waals surface area contributed by atoms with Crippen LogP contribution in [0.3, 0.4) is 0 Å². The highest BCUT2D eigenvalue weighted by Crippen LogP contribution is 2.38. The van der Waals surface area contributed by atoms with Gasteiger partial charge in [0.15, 0.2) is 0 Å². The molecule has 0 aromatic heterocycles. The number of carbonyl (C=O) groups is 1. The highest BCUT2D eigenvalue weighted by molar-refractivity contribution is 7.99. The van der Waals surface area contributed by atoms with Crippen molar-refractivity contribution in [2.45, 2.75) is 24.3 Å². The molecule has 0 radical (unpaired) electrons. The van der Waals surface area contributed by atoms with Gasteiger partial charge in [-0.05, 0) is 24.3 Å². The Morgan fingerprint density at radius 3 is 3.00 bits per heavy atom. The normalized spacial score (nSPS) is 18.4. The molecule has 0 fully saturated rings. The zero-order valence-electron chi connectivity index (χ0n) is 8.92. The van der Waals surface area contributed by atoms with Crippen LogP contribution in [0, 0.1) is 0 Å². The fourth-order valence-corrected chi connectivity index (χ4v) is 2.77. The van der Waals surface area contributed by atoms with E-state index in [0.29, 0.717) is 5.02 Å². The lowest BCUT2D eigenvalue weighted by molar-refractivity contribution is -0.116. The van der Waals surface area contributed by atoms with Crippen LogP contribution < -0.4 is 11.1 Å². The van der Waals surface area contributed by atoms with Crippen LogP contribution >= 0.6 is 23.4 Å². The van der Waals surface area contributed by atoms with E-state index in [1.807, 2.05) is 6.07 Å². The van der Waals surface area contributed by atoms with E-state index >= 15 is 0 Å². The van der Waals surface area contributed by atoms with Crippen LogP contribution in [0.5, 0.6) is 0 Å². The summed E-state index contributed by atoms with van der Waals surface area (Å²) in [5.74, 6) is 0.849. The molecule has 0 bridgehead atoms. The first-order chi connectivity index (χ1) is 7.63. The first-order valence-electron chi connectivity index (χ1n) is 5.16. The van der Waals surface area contributed by atoms with E-state index in [2.05, 4.69) is 12.2 Å². The number of nitrogens with one attached hydrogen (secondary N) is 1. The SMILES string of the molecule is CCCSc1cc2c(cc1Cl)C(N)C(=O)N2. The zero-order chi connectivity index (χ0) is 11.7. The van der Waals surface area contributed by atoms with Crippen LogP contribution in [0.1, 0.15) is 24.9 Å². The van der Waals surface area contributed by atoms with Crippen LogP contribution in [0.4, 0.5) is 5.69 Å². The van der Waals surface area contributed by atoms with E-state index in [0.717, 1.165) is 28.3 Å². The van der Waals surface area contributed by atoms with Gasteiger partial charge in [-0.25, -0.2) is 0 Å². The topological polar surface area (TPSA) is 55.1 Å². The highest BCUT2D eigenvalue weighted by Gasteiger charge is 2.28. The number of thioether (sulfide) groups is 1. The minimum atomic E-state index is -0.585. The van der Waals surface area contributed by atoms with Gasteiger partial charge in [0.05, 0.1) is 5.02 Å². The van der Waals surface area contributed by atoms with Gasteiger partial charge >= 0.3 is 0 Å². The lowest BCUT2D eigenvalue weighted by atomic mass is 10.1. The molecule has 0 aliphatic carbocycles. The van der Waals surface area contributed by atoms with Crippen LogP contribution in [0.2, 0.25) is 5.02 Å². The third kappa shape index (κ3) is 2.05. The monoisotopic (exact) mass is 256 g/mol. The van der Waals surface area contributed by atoms with Crippen molar-refractivity contribution in [1.29, 1.82) is 0 Å². The van der Waals surface area contributed by atoms with Crippen molar-refractivity contribution in [2.75, 3.05) is 11.1 Å². The lowest BCUT2D eigenvalue weighted by Crippen LogP contribution is -2.19. The van der Waals surface area contributed by atoms with E-state index in [1.165, 1.54) is 0 Å². The van der Waals surface area contributed by atoms with Crippen molar-refractivity contribution in [3.63, 3.8) is 0 Å². The molecule has 3 nitrogen and oxygen atoms in total. The first kappa shape index (κ1) is 11.8. The summed E-state index contributed by atoms with van der Waals surface area (Å²) < 4.78 is 0. The molecule has 16 heavy (non-hydrogen) atoms. The number of nitrogens with two attached hydrogens (primary N) is 1. The van der Waals surface area contributed by atoms with Gasteiger partial charge in [-0.15, -0.1) is 11.8 Å². The van der Waals surface area contributed by atoms with Crippen molar-refractivity contribution in [3.8, 4) is 0 Å². The third-order valence-corrected chi connectivity index (χ3v) is 4.13. The largest absolute Gasteiger partial charge is 0.324 e. The maximum atomic E-state index is 11.4.